The van der Waals surface area contributed by atoms with Crippen LogP contribution in [0.1, 0.15) is 13.8 Å². The van der Waals surface area contributed by atoms with E-state index in [-0.39, 0.29) is 5.92 Å². The number of hydrogen-bond donors (Lipinski definition) is 1. The molecule has 15 heavy (non-hydrogen) atoms. The second-order valence-corrected chi connectivity index (χ2v) is 4.15. The van der Waals surface area contributed by atoms with E-state index in [4.69, 9.17) is 18.0 Å². The number of nitrogens with zero attached hydrogens (tertiary/aromatic N) is 1. The molecule has 1 aromatic carbocycles. The number of rotatable bonds is 5. The average molecular weight is 222 g/mol. The van der Waals surface area contributed by atoms with Crippen LogP contribution in [0, 0.1) is 5.92 Å². The van der Waals surface area contributed by atoms with Crippen molar-refractivity contribution < 1.29 is 0 Å². The van der Waals surface area contributed by atoms with Gasteiger partial charge in [-0.05, 0) is 19.1 Å². The molecule has 0 radical (unpaired) electrons. The van der Waals surface area contributed by atoms with Crippen molar-refractivity contribution in [3.8, 4) is 0 Å². The van der Waals surface area contributed by atoms with Crippen LogP contribution in [0.2, 0.25) is 0 Å². The summed E-state index contributed by atoms with van der Waals surface area (Å²) >= 11 is 4.99. The summed E-state index contributed by atoms with van der Waals surface area (Å²) < 4.78 is 0. The van der Waals surface area contributed by atoms with Crippen LogP contribution >= 0.6 is 12.2 Å². The Kier molecular flexibility index (Phi) is 4.56. The maximum Gasteiger partial charge on any atom is 0.0773 e. The molecule has 1 unspecified atom stereocenters. The van der Waals surface area contributed by atoms with Gasteiger partial charge in [0.2, 0.25) is 0 Å². The Hall–Kier alpha value is -1.09. The van der Waals surface area contributed by atoms with Gasteiger partial charge in [-0.3, -0.25) is 0 Å². The van der Waals surface area contributed by atoms with Crippen molar-refractivity contribution in [1.29, 1.82) is 0 Å². The van der Waals surface area contributed by atoms with Crippen molar-refractivity contribution in [2.45, 2.75) is 13.8 Å². The van der Waals surface area contributed by atoms with Crippen LogP contribution in [0.5, 0.6) is 0 Å². The number of para-hydroxylation sites is 1. The fourth-order valence-electron chi connectivity index (χ4n) is 1.48. The smallest absolute Gasteiger partial charge is 0.0773 e. The zero-order chi connectivity index (χ0) is 11.3. The Bertz CT molecular complexity index is 311. The molecule has 1 rings (SSSR count). The minimum Gasteiger partial charge on any atom is -0.393 e. The average Bonchev–Trinajstić information content (AvgIpc) is 2.26. The summed E-state index contributed by atoms with van der Waals surface area (Å²) in [6, 6.07) is 10.3. The van der Waals surface area contributed by atoms with Crippen molar-refractivity contribution in [2.75, 3.05) is 18.0 Å². The van der Waals surface area contributed by atoms with Crippen LogP contribution in [0.25, 0.3) is 0 Å². The van der Waals surface area contributed by atoms with Gasteiger partial charge >= 0.3 is 0 Å². The monoisotopic (exact) mass is 222 g/mol. The molecule has 0 amide bonds. The van der Waals surface area contributed by atoms with Gasteiger partial charge in [0.1, 0.15) is 0 Å². The first-order valence-electron chi connectivity index (χ1n) is 5.24. The Balaban J connectivity index is 2.69. The molecule has 0 aliphatic rings. The summed E-state index contributed by atoms with van der Waals surface area (Å²) in [5.41, 5.74) is 6.85. The van der Waals surface area contributed by atoms with E-state index in [0.29, 0.717) is 4.99 Å². The molecule has 0 fully saturated rings. The highest BCUT2D eigenvalue weighted by Crippen LogP contribution is 2.14. The molecule has 0 bridgehead atoms. The lowest BCUT2D eigenvalue weighted by molar-refractivity contribution is 0.708. The van der Waals surface area contributed by atoms with Gasteiger partial charge in [0.05, 0.1) is 4.99 Å². The zero-order valence-electron chi connectivity index (χ0n) is 9.31. The molecule has 0 saturated carbocycles. The standard InChI is InChI=1S/C12H18N2S/c1-3-14(9-10(2)12(13)15)11-7-5-4-6-8-11/h4-8,10H,3,9H2,1-2H3,(H2,13,15). The Labute approximate surface area is 97.1 Å². The van der Waals surface area contributed by atoms with Gasteiger partial charge in [0.15, 0.2) is 0 Å². The molecular formula is C12H18N2S. The Morgan fingerprint density at radius 1 is 1.40 bits per heavy atom. The molecule has 0 spiro atoms. The molecule has 0 heterocycles. The number of hydrogen-bond acceptors (Lipinski definition) is 2. The first-order valence-corrected chi connectivity index (χ1v) is 5.65. The molecule has 0 aliphatic heterocycles. The highest BCUT2D eigenvalue weighted by molar-refractivity contribution is 7.80. The van der Waals surface area contributed by atoms with Gasteiger partial charge in [-0.25, -0.2) is 0 Å². The number of benzene rings is 1. The van der Waals surface area contributed by atoms with Crippen molar-refractivity contribution in [1.82, 2.24) is 0 Å². The minimum absolute atomic E-state index is 0.250. The SMILES string of the molecule is CCN(CC(C)C(N)=S)c1ccccc1. The first-order chi connectivity index (χ1) is 7.15. The second kappa shape index (κ2) is 5.71. The number of nitrogens with two attached hydrogens (primary N) is 1. The van der Waals surface area contributed by atoms with Crippen LogP contribution in [0.15, 0.2) is 30.3 Å². The molecule has 2 N–H and O–H groups in total. The normalized spacial score (nSPS) is 12.1. The van der Waals surface area contributed by atoms with E-state index < -0.39 is 0 Å². The van der Waals surface area contributed by atoms with E-state index in [1.165, 1.54) is 5.69 Å². The van der Waals surface area contributed by atoms with Gasteiger partial charge in [0.25, 0.3) is 0 Å². The molecule has 2 nitrogen and oxygen atoms in total. The molecule has 82 valence electrons. The molecule has 0 saturated heterocycles. The largest absolute Gasteiger partial charge is 0.393 e. The summed E-state index contributed by atoms with van der Waals surface area (Å²) in [6.07, 6.45) is 0. The van der Waals surface area contributed by atoms with E-state index in [1.807, 2.05) is 18.2 Å². The highest BCUT2D eigenvalue weighted by atomic mass is 32.1. The number of thiocarbonyl (C=S) groups is 1. The van der Waals surface area contributed by atoms with E-state index in [2.05, 4.69) is 30.9 Å². The summed E-state index contributed by atoms with van der Waals surface area (Å²) in [4.78, 5) is 2.87. The topological polar surface area (TPSA) is 29.3 Å². The summed E-state index contributed by atoms with van der Waals surface area (Å²) in [7, 11) is 0. The van der Waals surface area contributed by atoms with Crippen molar-refractivity contribution >= 4 is 22.9 Å². The maximum absolute atomic E-state index is 5.62. The summed E-state index contributed by atoms with van der Waals surface area (Å²) in [6.45, 7) is 6.06. The van der Waals surface area contributed by atoms with Crippen LogP contribution in [-0.2, 0) is 0 Å². The van der Waals surface area contributed by atoms with Gasteiger partial charge in [-0.2, -0.15) is 0 Å². The molecule has 0 aliphatic carbocycles. The predicted octanol–water partition coefficient (Wildman–Crippen LogP) is 2.44. The van der Waals surface area contributed by atoms with E-state index in [9.17, 15) is 0 Å². The van der Waals surface area contributed by atoms with Gasteiger partial charge in [-0.15, -0.1) is 0 Å². The Morgan fingerprint density at radius 3 is 2.47 bits per heavy atom. The third kappa shape index (κ3) is 3.51. The van der Waals surface area contributed by atoms with Crippen molar-refractivity contribution in [3.63, 3.8) is 0 Å². The third-order valence-corrected chi connectivity index (χ3v) is 2.89. The molecule has 3 heteroatoms. The van der Waals surface area contributed by atoms with E-state index in [0.717, 1.165) is 13.1 Å². The Morgan fingerprint density at radius 2 is 2.00 bits per heavy atom. The second-order valence-electron chi connectivity index (χ2n) is 3.68. The summed E-state index contributed by atoms with van der Waals surface area (Å²) in [5.74, 6) is 0.250. The molecule has 1 atom stereocenters. The molecule has 1 aromatic rings. The van der Waals surface area contributed by atoms with Crippen LogP contribution in [-0.4, -0.2) is 18.1 Å². The number of anilines is 1. The lowest BCUT2D eigenvalue weighted by Crippen LogP contribution is -2.33. The first kappa shape index (κ1) is 12.0. The fourth-order valence-corrected chi connectivity index (χ4v) is 1.55. The molecule has 0 aromatic heterocycles. The molecular weight excluding hydrogens is 204 g/mol. The van der Waals surface area contributed by atoms with E-state index >= 15 is 0 Å². The van der Waals surface area contributed by atoms with E-state index in [1.54, 1.807) is 0 Å². The quantitative estimate of drug-likeness (QED) is 0.776. The zero-order valence-corrected chi connectivity index (χ0v) is 10.1. The van der Waals surface area contributed by atoms with Crippen molar-refractivity contribution in [3.05, 3.63) is 30.3 Å². The van der Waals surface area contributed by atoms with Crippen LogP contribution in [0.4, 0.5) is 5.69 Å². The van der Waals surface area contributed by atoms with Gasteiger partial charge in [0, 0.05) is 24.7 Å². The minimum atomic E-state index is 0.250. The fraction of sp³-hybridized carbons (Fsp3) is 0.417. The third-order valence-electron chi connectivity index (χ3n) is 2.48. The maximum atomic E-state index is 5.62. The highest BCUT2D eigenvalue weighted by Gasteiger charge is 2.10. The lowest BCUT2D eigenvalue weighted by Gasteiger charge is -2.26. The van der Waals surface area contributed by atoms with Crippen LogP contribution < -0.4 is 10.6 Å². The van der Waals surface area contributed by atoms with Crippen LogP contribution in [0.3, 0.4) is 0 Å². The predicted molar refractivity (Wildman–Crippen MR) is 70.3 cm³/mol. The van der Waals surface area contributed by atoms with Gasteiger partial charge in [-0.1, -0.05) is 37.3 Å². The lowest BCUT2D eigenvalue weighted by atomic mass is 10.1. The summed E-state index contributed by atoms with van der Waals surface area (Å²) in [5, 5.41) is 0. The van der Waals surface area contributed by atoms with Crippen molar-refractivity contribution in [2.24, 2.45) is 11.7 Å². The van der Waals surface area contributed by atoms with Gasteiger partial charge < -0.3 is 10.6 Å².